The van der Waals surface area contributed by atoms with E-state index >= 15 is 0 Å². The Kier molecular flexibility index (Phi) is 7.24. The predicted molar refractivity (Wildman–Crippen MR) is 123 cm³/mol. The molecule has 0 fully saturated rings. The molecule has 0 aliphatic heterocycles. The topological polar surface area (TPSA) is 59.9 Å². The van der Waals surface area contributed by atoms with Crippen molar-refractivity contribution in [3.8, 4) is 11.5 Å². The fraction of sp³-hybridized carbons (Fsp3) is 0.130. The van der Waals surface area contributed by atoms with E-state index in [2.05, 4.69) is 33.1 Å². The Morgan fingerprint density at radius 2 is 1.83 bits per heavy atom. The highest BCUT2D eigenvalue weighted by Crippen LogP contribution is 2.28. The molecule has 0 spiro atoms. The Hall–Kier alpha value is -2.87. The van der Waals surface area contributed by atoms with Crippen LogP contribution in [0.5, 0.6) is 11.5 Å². The van der Waals surface area contributed by atoms with Crippen molar-refractivity contribution in [1.82, 2.24) is 5.43 Å². The SMILES string of the molecule is COc1cc(/C=N\NC(=O)c2ccccc2C)ccc1OCc1ccc(I)cc1. The van der Waals surface area contributed by atoms with Crippen LogP contribution in [0.25, 0.3) is 0 Å². The highest BCUT2D eigenvalue weighted by atomic mass is 127. The van der Waals surface area contributed by atoms with Gasteiger partial charge in [0.2, 0.25) is 0 Å². The van der Waals surface area contributed by atoms with Crippen molar-refractivity contribution in [2.75, 3.05) is 7.11 Å². The number of hydrogen-bond acceptors (Lipinski definition) is 4. The maximum Gasteiger partial charge on any atom is 0.271 e. The van der Waals surface area contributed by atoms with Crippen molar-refractivity contribution < 1.29 is 14.3 Å². The number of methoxy groups -OCH3 is 1. The lowest BCUT2D eigenvalue weighted by Crippen LogP contribution is -2.18. The van der Waals surface area contributed by atoms with Crippen molar-refractivity contribution in [2.24, 2.45) is 5.10 Å². The summed E-state index contributed by atoms with van der Waals surface area (Å²) < 4.78 is 12.5. The van der Waals surface area contributed by atoms with Gasteiger partial charge >= 0.3 is 0 Å². The Labute approximate surface area is 183 Å². The third-order valence-corrected chi connectivity index (χ3v) is 4.98. The van der Waals surface area contributed by atoms with Gasteiger partial charge in [-0.2, -0.15) is 5.10 Å². The molecule has 3 rings (SSSR count). The minimum atomic E-state index is -0.246. The summed E-state index contributed by atoms with van der Waals surface area (Å²) in [5, 5.41) is 4.04. The van der Waals surface area contributed by atoms with Gasteiger partial charge in [0.15, 0.2) is 11.5 Å². The number of carbonyl (C=O) groups excluding carboxylic acids is 1. The third kappa shape index (κ3) is 5.80. The molecule has 5 nitrogen and oxygen atoms in total. The van der Waals surface area contributed by atoms with E-state index in [1.165, 1.54) is 3.57 Å². The second-order valence-corrected chi connectivity index (χ2v) is 7.59. The van der Waals surface area contributed by atoms with Crippen LogP contribution in [-0.2, 0) is 6.61 Å². The molecule has 0 saturated heterocycles. The summed E-state index contributed by atoms with van der Waals surface area (Å²) in [6.07, 6.45) is 1.57. The van der Waals surface area contributed by atoms with Gasteiger partial charge in [0.05, 0.1) is 13.3 Å². The monoisotopic (exact) mass is 500 g/mol. The highest BCUT2D eigenvalue weighted by Gasteiger charge is 2.08. The number of carbonyl (C=O) groups is 1. The predicted octanol–water partition coefficient (Wildman–Crippen LogP) is 4.95. The number of aryl methyl sites for hydroxylation is 1. The van der Waals surface area contributed by atoms with Gasteiger partial charge in [-0.3, -0.25) is 4.79 Å². The normalized spacial score (nSPS) is 10.7. The Balaban J connectivity index is 1.63. The lowest BCUT2D eigenvalue weighted by atomic mass is 10.1. The number of rotatable bonds is 7. The molecule has 0 saturated carbocycles. The van der Waals surface area contributed by atoms with Gasteiger partial charge in [-0.15, -0.1) is 0 Å². The molecule has 0 aromatic heterocycles. The summed E-state index contributed by atoms with van der Waals surface area (Å²) in [7, 11) is 1.59. The molecule has 0 aliphatic rings. The molecule has 1 N–H and O–H groups in total. The number of nitrogens with zero attached hydrogens (tertiary/aromatic N) is 1. The fourth-order valence-electron chi connectivity index (χ4n) is 2.68. The van der Waals surface area contributed by atoms with Gasteiger partial charge in [-0.1, -0.05) is 30.3 Å². The molecular formula is C23H21IN2O3. The van der Waals surface area contributed by atoms with E-state index in [0.717, 1.165) is 16.7 Å². The molecule has 0 bridgehead atoms. The molecule has 0 heterocycles. The Morgan fingerprint density at radius 1 is 1.07 bits per heavy atom. The van der Waals surface area contributed by atoms with E-state index in [1.54, 1.807) is 19.4 Å². The molecule has 3 aromatic carbocycles. The largest absolute Gasteiger partial charge is 0.493 e. The van der Waals surface area contributed by atoms with Gasteiger partial charge in [0.1, 0.15) is 6.61 Å². The fourth-order valence-corrected chi connectivity index (χ4v) is 3.04. The minimum absolute atomic E-state index is 0.246. The molecule has 148 valence electrons. The molecule has 1 amide bonds. The van der Waals surface area contributed by atoms with Crippen molar-refractivity contribution in [1.29, 1.82) is 0 Å². The average molecular weight is 500 g/mol. The molecular weight excluding hydrogens is 479 g/mol. The number of amides is 1. The van der Waals surface area contributed by atoms with E-state index < -0.39 is 0 Å². The molecule has 3 aromatic rings. The molecule has 0 radical (unpaired) electrons. The Bertz CT molecular complexity index is 1020. The lowest BCUT2D eigenvalue weighted by molar-refractivity contribution is 0.0954. The maximum absolute atomic E-state index is 12.2. The van der Waals surface area contributed by atoms with E-state index in [0.29, 0.717) is 23.7 Å². The number of nitrogens with one attached hydrogen (secondary N) is 1. The summed E-state index contributed by atoms with van der Waals surface area (Å²) in [5.74, 6) is 1.00. The number of hydrazone groups is 1. The number of halogens is 1. The van der Waals surface area contributed by atoms with E-state index in [-0.39, 0.29) is 5.91 Å². The summed E-state index contributed by atoms with van der Waals surface area (Å²) >= 11 is 2.27. The van der Waals surface area contributed by atoms with Crippen LogP contribution in [-0.4, -0.2) is 19.2 Å². The van der Waals surface area contributed by atoms with Gasteiger partial charge in [0.25, 0.3) is 5.91 Å². The van der Waals surface area contributed by atoms with Crippen LogP contribution in [0.15, 0.2) is 71.8 Å². The van der Waals surface area contributed by atoms with E-state index in [9.17, 15) is 4.79 Å². The van der Waals surface area contributed by atoms with Crippen molar-refractivity contribution in [3.05, 3.63) is 92.6 Å². The first-order valence-electron chi connectivity index (χ1n) is 9.01. The molecule has 0 aliphatic carbocycles. The van der Waals surface area contributed by atoms with Crippen LogP contribution in [0.2, 0.25) is 0 Å². The molecule has 0 unspecified atom stereocenters. The van der Waals surface area contributed by atoms with Crippen LogP contribution in [0.3, 0.4) is 0 Å². The first-order valence-corrected chi connectivity index (χ1v) is 10.1. The smallest absolute Gasteiger partial charge is 0.271 e. The number of benzene rings is 3. The number of ether oxygens (including phenoxy) is 2. The third-order valence-electron chi connectivity index (χ3n) is 4.26. The van der Waals surface area contributed by atoms with Gasteiger partial charge in [0, 0.05) is 9.13 Å². The number of hydrogen-bond donors (Lipinski definition) is 1. The zero-order valence-corrected chi connectivity index (χ0v) is 18.3. The van der Waals surface area contributed by atoms with Crippen molar-refractivity contribution >= 4 is 34.7 Å². The van der Waals surface area contributed by atoms with E-state index in [1.807, 2.05) is 67.6 Å². The summed E-state index contributed by atoms with van der Waals surface area (Å²) in [6.45, 7) is 2.34. The van der Waals surface area contributed by atoms with Crippen LogP contribution >= 0.6 is 22.6 Å². The lowest BCUT2D eigenvalue weighted by Gasteiger charge is -2.11. The average Bonchev–Trinajstić information content (AvgIpc) is 2.74. The quantitative estimate of drug-likeness (QED) is 0.284. The van der Waals surface area contributed by atoms with Crippen molar-refractivity contribution in [2.45, 2.75) is 13.5 Å². The molecule has 29 heavy (non-hydrogen) atoms. The van der Waals surface area contributed by atoms with Crippen LogP contribution in [0.4, 0.5) is 0 Å². The summed E-state index contributed by atoms with van der Waals surface area (Å²) in [4.78, 5) is 12.2. The summed E-state index contributed by atoms with van der Waals surface area (Å²) in [5.41, 5.74) is 5.91. The zero-order chi connectivity index (χ0) is 20.6. The van der Waals surface area contributed by atoms with Crippen LogP contribution in [0.1, 0.15) is 27.0 Å². The first-order chi connectivity index (χ1) is 14.1. The second-order valence-electron chi connectivity index (χ2n) is 6.34. The van der Waals surface area contributed by atoms with Gasteiger partial charge < -0.3 is 9.47 Å². The standard InChI is InChI=1S/C23H21IN2O3/c1-16-5-3-4-6-20(16)23(27)26-25-14-18-9-12-21(22(13-18)28-2)29-15-17-7-10-19(24)11-8-17/h3-14H,15H2,1-2H3,(H,26,27)/b25-14-. The second kappa shape index (κ2) is 10.1. The summed E-state index contributed by atoms with van der Waals surface area (Å²) in [6, 6.07) is 21.0. The zero-order valence-electron chi connectivity index (χ0n) is 16.2. The Morgan fingerprint density at radius 3 is 2.55 bits per heavy atom. The highest BCUT2D eigenvalue weighted by molar-refractivity contribution is 14.1. The van der Waals surface area contributed by atoms with Crippen LogP contribution in [0, 0.1) is 10.5 Å². The minimum Gasteiger partial charge on any atom is -0.493 e. The van der Waals surface area contributed by atoms with Gasteiger partial charge in [-0.05, 0) is 82.6 Å². The van der Waals surface area contributed by atoms with Crippen molar-refractivity contribution in [3.63, 3.8) is 0 Å². The maximum atomic E-state index is 12.2. The van der Waals surface area contributed by atoms with E-state index in [4.69, 9.17) is 9.47 Å². The molecule has 6 heteroatoms. The van der Waals surface area contributed by atoms with Crippen LogP contribution < -0.4 is 14.9 Å². The van der Waals surface area contributed by atoms with Gasteiger partial charge in [-0.25, -0.2) is 5.43 Å². The first kappa shape index (κ1) is 20.9. The molecule has 0 atom stereocenters.